The van der Waals surface area contributed by atoms with Crippen LogP contribution in [0.3, 0.4) is 0 Å². The highest BCUT2D eigenvalue weighted by Gasteiger charge is 2.33. The molecule has 2 aromatic heterocycles. The van der Waals surface area contributed by atoms with Gasteiger partial charge in [-0.05, 0) is 62.7 Å². The Morgan fingerprint density at radius 1 is 1.25 bits per heavy atom. The second kappa shape index (κ2) is 8.99. The molecule has 6 nitrogen and oxygen atoms in total. The first-order chi connectivity index (χ1) is 15.2. The van der Waals surface area contributed by atoms with Crippen LogP contribution < -0.4 is 10.6 Å². The van der Waals surface area contributed by atoms with Crippen molar-refractivity contribution in [3.05, 3.63) is 52.9 Å². The number of hydrogen-bond acceptors (Lipinski definition) is 3. The van der Waals surface area contributed by atoms with Crippen LogP contribution in [0.25, 0.3) is 10.9 Å². The molecule has 3 heterocycles. The molecule has 0 bridgehead atoms. The third-order valence-corrected chi connectivity index (χ3v) is 5.88. The zero-order valence-corrected chi connectivity index (χ0v) is 18.1. The van der Waals surface area contributed by atoms with E-state index in [0.717, 1.165) is 22.2 Å². The van der Waals surface area contributed by atoms with Gasteiger partial charge in [0.2, 0.25) is 0 Å². The largest absolute Gasteiger partial charge is 0.401 e. The van der Waals surface area contributed by atoms with Crippen LogP contribution in [-0.4, -0.2) is 46.7 Å². The molecule has 1 aliphatic rings. The molecule has 10 heteroatoms. The minimum absolute atomic E-state index is 0.110. The van der Waals surface area contributed by atoms with Crippen molar-refractivity contribution in [2.24, 2.45) is 0 Å². The molecular weight excluding hydrogens is 443 g/mol. The Kier molecular flexibility index (Phi) is 6.30. The molecule has 1 aliphatic heterocycles. The van der Waals surface area contributed by atoms with Gasteiger partial charge in [-0.3, -0.25) is 9.88 Å². The van der Waals surface area contributed by atoms with Gasteiger partial charge in [0.15, 0.2) is 0 Å². The van der Waals surface area contributed by atoms with Crippen LogP contribution in [0, 0.1) is 6.92 Å². The van der Waals surface area contributed by atoms with E-state index in [1.807, 2.05) is 19.1 Å². The molecular formula is C22H23ClF3N5O. The summed E-state index contributed by atoms with van der Waals surface area (Å²) in [6, 6.07) is 6.78. The lowest BCUT2D eigenvalue weighted by molar-refractivity contribution is -0.147. The van der Waals surface area contributed by atoms with Gasteiger partial charge in [0.1, 0.15) is 0 Å². The Balaban J connectivity index is 1.37. The van der Waals surface area contributed by atoms with Crippen molar-refractivity contribution < 1.29 is 18.0 Å². The molecule has 170 valence electrons. The van der Waals surface area contributed by atoms with Gasteiger partial charge >= 0.3 is 12.2 Å². The number of halogens is 4. The molecule has 3 N–H and O–H groups in total. The highest BCUT2D eigenvalue weighted by atomic mass is 35.5. The molecule has 0 saturated carbocycles. The molecule has 3 aromatic rings. The number of alkyl halides is 3. The summed E-state index contributed by atoms with van der Waals surface area (Å²) in [6.45, 7) is 1.81. The quantitative estimate of drug-likeness (QED) is 0.448. The second-order valence-corrected chi connectivity index (χ2v) is 8.50. The summed E-state index contributed by atoms with van der Waals surface area (Å²) < 4.78 is 37.8. The van der Waals surface area contributed by atoms with Gasteiger partial charge in [0.25, 0.3) is 0 Å². The fourth-order valence-corrected chi connectivity index (χ4v) is 4.35. The summed E-state index contributed by atoms with van der Waals surface area (Å²) in [5.41, 5.74) is 3.76. The number of aromatic nitrogens is 2. The summed E-state index contributed by atoms with van der Waals surface area (Å²) in [5, 5.41) is 6.94. The number of benzene rings is 1. The molecule has 1 aromatic carbocycles. The standard InChI is InChI=1S/C22H23ClF3N5O/c1-13-8-16(10-28-20(13)14-4-6-31(7-5-14)12-22(24,25)26)29-21(32)30-19-11-27-18-3-2-15(23)9-17(18)19/h2-3,8-11,14,27H,4-7,12H2,1H3,(H2,29,30,32). The number of aromatic amines is 1. The van der Waals surface area contributed by atoms with Crippen molar-refractivity contribution in [1.82, 2.24) is 14.9 Å². The molecule has 0 aliphatic carbocycles. The molecule has 0 spiro atoms. The minimum atomic E-state index is -4.17. The number of rotatable bonds is 4. The van der Waals surface area contributed by atoms with E-state index < -0.39 is 18.8 Å². The Labute approximate surface area is 188 Å². The summed E-state index contributed by atoms with van der Waals surface area (Å²) in [5.74, 6) is 0.110. The zero-order chi connectivity index (χ0) is 22.9. The Hall–Kier alpha value is -2.78. The van der Waals surface area contributed by atoms with E-state index in [1.54, 1.807) is 24.5 Å². The van der Waals surface area contributed by atoms with Crippen molar-refractivity contribution in [2.45, 2.75) is 31.9 Å². The average Bonchev–Trinajstić information content (AvgIpc) is 3.09. The van der Waals surface area contributed by atoms with Gasteiger partial charge in [-0.15, -0.1) is 0 Å². The van der Waals surface area contributed by atoms with E-state index >= 15 is 0 Å². The number of nitrogens with one attached hydrogen (secondary N) is 3. The van der Waals surface area contributed by atoms with Crippen LogP contribution in [0.2, 0.25) is 5.02 Å². The Bertz CT molecular complexity index is 1120. The minimum Gasteiger partial charge on any atom is -0.359 e. The molecule has 2 amide bonds. The number of pyridine rings is 1. The van der Waals surface area contributed by atoms with Gasteiger partial charge in [0, 0.05) is 33.7 Å². The molecule has 1 saturated heterocycles. The molecule has 1 fully saturated rings. The fourth-order valence-electron chi connectivity index (χ4n) is 4.18. The summed E-state index contributed by atoms with van der Waals surface area (Å²) in [7, 11) is 0. The highest BCUT2D eigenvalue weighted by Crippen LogP contribution is 2.31. The number of anilines is 2. The van der Waals surface area contributed by atoms with Crippen molar-refractivity contribution in [1.29, 1.82) is 0 Å². The normalized spacial score (nSPS) is 15.8. The number of fused-ring (bicyclic) bond motifs is 1. The van der Waals surface area contributed by atoms with Crippen LogP contribution in [0.4, 0.5) is 29.3 Å². The fraction of sp³-hybridized carbons (Fsp3) is 0.364. The predicted molar refractivity (Wildman–Crippen MR) is 119 cm³/mol. The van der Waals surface area contributed by atoms with Gasteiger partial charge in [-0.2, -0.15) is 13.2 Å². The van der Waals surface area contributed by atoms with Gasteiger partial charge in [-0.25, -0.2) is 4.79 Å². The number of carbonyl (C=O) groups excluding carboxylic acids is 1. The van der Waals surface area contributed by atoms with E-state index in [4.69, 9.17) is 11.6 Å². The SMILES string of the molecule is Cc1cc(NC(=O)Nc2c[nH]c3ccc(Cl)cc23)cnc1C1CCN(CC(F)(F)F)CC1. The smallest absolute Gasteiger partial charge is 0.359 e. The molecule has 32 heavy (non-hydrogen) atoms. The van der Waals surface area contributed by atoms with Crippen molar-refractivity contribution in [3.8, 4) is 0 Å². The predicted octanol–water partition coefficient (Wildman–Crippen LogP) is 5.91. The van der Waals surface area contributed by atoms with E-state index in [9.17, 15) is 18.0 Å². The van der Waals surface area contributed by atoms with Crippen molar-refractivity contribution >= 4 is 39.9 Å². The number of nitrogens with zero attached hydrogens (tertiary/aromatic N) is 2. The average molecular weight is 466 g/mol. The maximum atomic E-state index is 12.6. The number of aryl methyl sites for hydroxylation is 1. The van der Waals surface area contributed by atoms with Crippen molar-refractivity contribution in [3.63, 3.8) is 0 Å². The number of urea groups is 1. The number of piperidine rings is 1. The van der Waals surface area contributed by atoms with Gasteiger partial charge in [-0.1, -0.05) is 11.6 Å². The molecule has 4 rings (SSSR count). The van der Waals surface area contributed by atoms with E-state index in [1.165, 1.54) is 4.90 Å². The van der Waals surface area contributed by atoms with Crippen LogP contribution in [-0.2, 0) is 0 Å². The van der Waals surface area contributed by atoms with Gasteiger partial charge < -0.3 is 15.6 Å². The Morgan fingerprint density at radius 2 is 2.00 bits per heavy atom. The molecule has 0 atom stereocenters. The summed E-state index contributed by atoms with van der Waals surface area (Å²) in [6.07, 6.45) is 0.350. The lowest BCUT2D eigenvalue weighted by atomic mass is 9.90. The second-order valence-electron chi connectivity index (χ2n) is 8.06. The summed E-state index contributed by atoms with van der Waals surface area (Å²) >= 11 is 6.04. The van der Waals surface area contributed by atoms with Gasteiger partial charge in [0.05, 0.1) is 24.1 Å². The monoisotopic (exact) mass is 465 g/mol. The lowest BCUT2D eigenvalue weighted by Crippen LogP contribution is -2.39. The van der Waals surface area contributed by atoms with Crippen molar-refractivity contribution in [2.75, 3.05) is 30.3 Å². The highest BCUT2D eigenvalue weighted by molar-refractivity contribution is 6.31. The first-order valence-corrected chi connectivity index (χ1v) is 10.7. The van der Waals surface area contributed by atoms with E-state index in [0.29, 0.717) is 42.3 Å². The number of H-pyrrole nitrogens is 1. The molecule has 0 unspecified atom stereocenters. The van der Waals surface area contributed by atoms with E-state index in [2.05, 4.69) is 20.6 Å². The van der Waals surface area contributed by atoms with Crippen LogP contribution >= 0.6 is 11.6 Å². The van der Waals surface area contributed by atoms with Crippen LogP contribution in [0.15, 0.2) is 36.7 Å². The third kappa shape index (κ3) is 5.34. The number of amides is 2. The van der Waals surface area contributed by atoms with Crippen LogP contribution in [0.1, 0.15) is 30.0 Å². The maximum Gasteiger partial charge on any atom is 0.401 e. The number of carbonyl (C=O) groups is 1. The zero-order valence-electron chi connectivity index (χ0n) is 17.4. The number of hydrogen-bond donors (Lipinski definition) is 3. The number of likely N-dealkylation sites (tertiary alicyclic amines) is 1. The summed E-state index contributed by atoms with van der Waals surface area (Å²) in [4.78, 5) is 21.5. The van der Waals surface area contributed by atoms with Crippen LogP contribution in [0.5, 0.6) is 0 Å². The molecule has 0 radical (unpaired) electrons. The lowest BCUT2D eigenvalue weighted by Gasteiger charge is -2.32. The first-order valence-electron chi connectivity index (χ1n) is 10.3. The first kappa shape index (κ1) is 22.4. The maximum absolute atomic E-state index is 12.6. The topological polar surface area (TPSA) is 73.0 Å². The van der Waals surface area contributed by atoms with E-state index in [-0.39, 0.29) is 5.92 Å². The third-order valence-electron chi connectivity index (χ3n) is 5.65. The Morgan fingerprint density at radius 3 is 2.69 bits per heavy atom.